The van der Waals surface area contributed by atoms with Gasteiger partial charge in [0.25, 0.3) is 5.91 Å². The summed E-state index contributed by atoms with van der Waals surface area (Å²) in [7, 11) is 1.66. The molecule has 1 fully saturated rings. The lowest BCUT2D eigenvalue weighted by molar-refractivity contribution is -0.537. The zero-order valence-corrected chi connectivity index (χ0v) is 18.2. The Labute approximate surface area is 180 Å². The zero-order valence-electron chi connectivity index (χ0n) is 17.5. The van der Waals surface area contributed by atoms with E-state index in [9.17, 15) is 9.59 Å². The number of hydrogen-bond acceptors (Lipinski definition) is 4. The van der Waals surface area contributed by atoms with Crippen LogP contribution in [0.1, 0.15) is 30.3 Å². The lowest BCUT2D eigenvalue weighted by Crippen LogP contribution is -2.62. The highest BCUT2D eigenvalue weighted by molar-refractivity contribution is 6.30. The van der Waals surface area contributed by atoms with Gasteiger partial charge in [-0.15, -0.1) is 9.78 Å². The Morgan fingerprint density at radius 2 is 1.87 bits per heavy atom. The van der Waals surface area contributed by atoms with Gasteiger partial charge in [-0.1, -0.05) is 35.6 Å². The van der Waals surface area contributed by atoms with Gasteiger partial charge in [-0.2, -0.15) is 0 Å². The molecule has 2 aliphatic rings. The molecule has 2 aromatic rings. The quantitative estimate of drug-likeness (QED) is 0.704. The molecule has 2 aliphatic heterocycles. The molecular formula is C21H24ClN6O2+. The molecule has 0 radical (unpaired) electrons. The van der Waals surface area contributed by atoms with Crippen LogP contribution < -0.4 is 0 Å². The van der Waals surface area contributed by atoms with E-state index in [0.29, 0.717) is 23.4 Å². The predicted octanol–water partition coefficient (Wildman–Crippen LogP) is 2.65. The van der Waals surface area contributed by atoms with Crippen molar-refractivity contribution in [1.29, 1.82) is 0 Å². The largest absolute Gasteiger partial charge is 0.421 e. The van der Waals surface area contributed by atoms with Crippen LogP contribution in [-0.4, -0.2) is 67.5 Å². The van der Waals surface area contributed by atoms with Crippen molar-refractivity contribution in [2.75, 3.05) is 13.6 Å². The Bertz CT molecular complexity index is 1090. The number of nitrogens with zero attached hydrogens (tertiary/aromatic N) is 6. The molecule has 1 aromatic carbocycles. The van der Waals surface area contributed by atoms with E-state index in [-0.39, 0.29) is 12.5 Å². The number of hydrogen-bond donors (Lipinski definition) is 0. The van der Waals surface area contributed by atoms with E-state index < -0.39 is 12.1 Å². The number of carbonyl (C=O) groups excluding carboxylic acids is 2. The van der Waals surface area contributed by atoms with Crippen molar-refractivity contribution in [3.05, 3.63) is 52.3 Å². The number of imide groups is 1. The highest BCUT2D eigenvalue weighted by Gasteiger charge is 2.52. The fourth-order valence-electron chi connectivity index (χ4n) is 3.89. The van der Waals surface area contributed by atoms with E-state index in [2.05, 4.69) is 10.1 Å². The van der Waals surface area contributed by atoms with Crippen LogP contribution in [0.3, 0.4) is 0 Å². The molecule has 1 unspecified atom stereocenters. The van der Waals surface area contributed by atoms with Crippen LogP contribution in [-0.2, 0) is 11.3 Å². The van der Waals surface area contributed by atoms with Gasteiger partial charge in [-0.3, -0.25) is 14.6 Å². The number of aliphatic imine (C=N–C) groups is 1. The van der Waals surface area contributed by atoms with Crippen molar-refractivity contribution < 1.29 is 14.2 Å². The molecule has 30 heavy (non-hydrogen) atoms. The van der Waals surface area contributed by atoms with Crippen molar-refractivity contribution in [1.82, 2.24) is 19.6 Å². The number of fused-ring (bicyclic) bond motifs is 1. The van der Waals surface area contributed by atoms with Gasteiger partial charge in [0, 0.05) is 12.1 Å². The van der Waals surface area contributed by atoms with Crippen LogP contribution in [0.25, 0.3) is 0 Å². The maximum absolute atomic E-state index is 13.5. The van der Waals surface area contributed by atoms with Gasteiger partial charge in [0.15, 0.2) is 0 Å². The molecule has 9 heteroatoms. The first-order chi connectivity index (χ1) is 14.3. The summed E-state index contributed by atoms with van der Waals surface area (Å²) in [6.07, 6.45) is 0.824. The first-order valence-electron chi connectivity index (χ1n) is 9.91. The van der Waals surface area contributed by atoms with Gasteiger partial charge < -0.3 is 0 Å². The Morgan fingerprint density at radius 1 is 1.17 bits per heavy atom. The van der Waals surface area contributed by atoms with E-state index in [1.807, 2.05) is 43.5 Å². The second-order valence-corrected chi connectivity index (χ2v) is 8.03. The second kappa shape index (κ2) is 7.68. The van der Waals surface area contributed by atoms with Crippen LogP contribution in [0.15, 0.2) is 35.3 Å². The number of halogens is 1. The zero-order chi connectivity index (χ0) is 21.6. The van der Waals surface area contributed by atoms with Crippen LogP contribution in [0.4, 0.5) is 4.79 Å². The Balaban J connectivity index is 1.75. The summed E-state index contributed by atoms with van der Waals surface area (Å²) in [6, 6.07) is 8.05. The minimum Gasteiger partial charge on any atom is -0.270 e. The van der Waals surface area contributed by atoms with Crippen molar-refractivity contribution in [3.63, 3.8) is 0 Å². The van der Waals surface area contributed by atoms with Gasteiger partial charge in [0.1, 0.15) is 5.69 Å². The normalized spacial score (nSPS) is 19.0. The van der Waals surface area contributed by atoms with Crippen molar-refractivity contribution >= 4 is 35.3 Å². The van der Waals surface area contributed by atoms with Crippen LogP contribution in [0, 0.1) is 13.8 Å². The fourth-order valence-corrected chi connectivity index (χ4v) is 4.02. The maximum Gasteiger partial charge on any atom is 0.421 e. The first-order valence-corrected chi connectivity index (χ1v) is 10.3. The van der Waals surface area contributed by atoms with Gasteiger partial charge in [-0.25, -0.2) is 9.37 Å². The summed E-state index contributed by atoms with van der Waals surface area (Å²) in [5, 5.41) is 5.14. The predicted molar refractivity (Wildman–Crippen MR) is 114 cm³/mol. The number of aromatic nitrogens is 2. The van der Waals surface area contributed by atoms with Crippen molar-refractivity contribution in [3.8, 4) is 0 Å². The molecule has 1 saturated heterocycles. The van der Waals surface area contributed by atoms with Gasteiger partial charge in [0.05, 0.1) is 18.8 Å². The molecule has 0 saturated carbocycles. The molecular weight excluding hydrogens is 404 g/mol. The van der Waals surface area contributed by atoms with E-state index in [1.54, 1.807) is 23.9 Å². The third-order valence-electron chi connectivity index (χ3n) is 5.31. The molecule has 3 heterocycles. The summed E-state index contributed by atoms with van der Waals surface area (Å²) < 4.78 is 3.68. The Kier molecular flexibility index (Phi) is 5.19. The van der Waals surface area contributed by atoms with E-state index >= 15 is 0 Å². The van der Waals surface area contributed by atoms with Crippen LogP contribution in [0.5, 0.6) is 0 Å². The number of carbonyl (C=O) groups is 2. The molecule has 3 amide bonds. The minimum atomic E-state index is -0.654. The van der Waals surface area contributed by atoms with E-state index in [4.69, 9.17) is 11.6 Å². The van der Waals surface area contributed by atoms with Crippen LogP contribution >= 0.6 is 11.6 Å². The molecule has 8 nitrogen and oxygen atoms in total. The summed E-state index contributed by atoms with van der Waals surface area (Å²) >= 11 is 5.96. The first kappa shape index (κ1) is 20.3. The molecule has 1 atom stereocenters. The highest BCUT2D eigenvalue weighted by atomic mass is 35.5. The summed E-state index contributed by atoms with van der Waals surface area (Å²) in [6.45, 7) is 6.71. The van der Waals surface area contributed by atoms with Gasteiger partial charge in [0.2, 0.25) is 11.9 Å². The molecule has 0 spiro atoms. The highest BCUT2D eigenvalue weighted by Crippen LogP contribution is 2.23. The SMILES string of the molecule is CCC[N+]1=C(n2nc(C)cc2C)N=C2C1C(=O)N(Cc1ccc(Cl)cc1)C(=O)N2C. The number of benzene rings is 1. The average Bonchev–Trinajstić information content (AvgIpc) is 3.24. The molecule has 4 rings (SSSR count). The monoisotopic (exact) mass is 427 g/mol. The van der Waals surface area contributed by atoms with Crippen LogP contribution in [0.2, 0.25) is 5.02 Å². The van der Waals surface area contributed by atoms with Crippen molar-refractivity contribution in [2.45, 2.75) is 39.8 Å². The molecule has 156 valence electrons. The summed E-state index contributed by atoms with van der Waals surface area (Å²) in [4.78, 5) is 33.9. The third-order valence-corrected chi connectivity index (χ3v) is 5.56. The van der Waals surface area contributed by atoms with Gasteiger partial charge >= 0.3 is 12.0 Å². The Morgan fingerprint density at radius 3 is 2.47 bits per heavy atom. The van der Waals surface area contributed by atoms with Crippen molar-refractivity contribution in [2.24, 2.45) is 4.99 Å². The summed E-state index contributed by atoms with van der Waals surface area (Å²) in [5.41, 5.74) is 2.62. The lowest BCUT2D eigenvalue weighted by Gasteiger charge is -2.34. The third kappa shape index (κ3) is 3.31. The topological polar surface area (TPSA) is 73.8 Å². The minimum absolute atomic E-state index is 0.179. The second-order valence-electron chi connectivity index (χ2n) is 7.60. The Hall–Kier alpha value is -3.00. The van der Waals surface area contributed by atoms with E-state index in [0.717, 1.165) is 23.4 Å². The molecule has 0 N–H and O–H groups in total. The number of amidine groups is 1. The lowest BCUT2D eigenvalue weighted by atomic mass is 10.1. The fraction of sp³-hybridized carbons (Fsp3) is 0.381. The number of urea groups is 1. The number of amides is 3. The number of aryl methyl sites for hydroxylation is 2. The maximum atomic E-state index is 13.5. The molecule has 0 bridgehead atoms. The van der Waals surface area contributed by atoms with Gasteiger partial charge in [-0.05, 0) is 44.0 Å². The standard InChI is InChI=1S/C21H24ClN6O2/c1-5-10-26-17-18(23-20(26)28-14(3)11-13(2)24-28)25(4)21(30)27(19(17)29)12-15-6-8-16(22)9-7-15/h6-9,11,17H,5,10,12H2,1-4H3/q+1. The number of rotatable bonds is 4. The number of likely N-dealkylation sites (N-methyl/N-ethyl adjacent to an activating group) is 1. The smallest absolute Gasteiger partial charge is 0.270 e. The molecule has 0 aliphatic carbocycles. The summed E-state index contributed by atoms with van der Waals surface area (Å²) in [5.74, 6) is 0.730. The van der Waals surface area contributed by atoms with E-state index in [1.165, 1.54) is 9.80 Å². The average molecular weight is 428 g/mol. The molecule has 1 aromatic heterocycles.